The van der Waals surface area contributed by atoms with E-state index in [0.29, 0.717) is 13.1 Å². The summed E-state index contributed by atoms with van der Waals surface area (Å²) in [4.78, 5) is 15.4. The van der Waals surface area contributed by atoms with Crippen LogP contribution in [0.4, 0.5) is 14.5 Å². The second-order valence-electron chi connectivity index (χ2n) is 10.4. The summed E-state index contributed by atoms with van der Waals surface area (Å²) >= 11 is 0. The Bertz CT molecular complexity index is 1660. The maximum Gasteiger partial charge on any atom is 0.439 e. The highest BCUT2D eigenvalue weighted by molar-refractivity contribution is 5.86. The van der Waals surface area contributed by atoms with Crippen LogP contribution in [0.15, 0.2) is 94.2 Å². The molecule has 0 aliphatic carbocycles. The largest absolute Gasteiger partial charge is 0.439 e. The van der Waals surface area contributed by atoms with Crippen molar-refractivity contribution in [2.75, 3.05) is 24.5 Å². The number of hydrogen-bond donors (Lipinski definition) is 2. The van der Waals surface area contributed by atoms with Crippen LogP contribution in [0.2, 0.25) is 0 Å². The van der Waals surface area contributed by atoms with Gasteiger partial charge in [0, 0.05) is 30.6 Å². The number of fused-ring (bicyclic) bond motifs is 1. The van der Waals surface area contributed by atoms with Gasteiger partial charge in [-0.15, -0.1) is 12.4 Å². The minimum Gasteiger partial charge on any atom is -0.366 e. The number of nitrogens with zero attached hydrogens (tertiary/aromatic N) is 2. The zero-order chi connectivity index (χ0) is 27.6. The van der Waals surface area contributed by atoms with Gasteiger partial charge in [-0.05, 0) is 59.8 Å². The van der Waals surface area contributed by atoms with Gasteiger partial charge in [0.2, 0.25) is 0 Å². The van der Waals surface area contributed by atoms with Crippen molar-refractivity contribution < 1.29 is 13.3 Å². The van der Waals surface area contributed by atoms with E-state index in [1.54, 1.807) is 4.90 Å². The molecule has 0 radical (unpaired) electrons. The maximum absolute atomic E-state index is 15.3. The number of piperidine rings is 1. The van der Waals surface area contributed by atoms with Crippen LogP contribution in [0.3, 0.4) is 0 Å². The van der Waals surface area contributed by atoms with Gasteiger partial charge in [0.25, 0.3) is 0 Å². The Balaban J connectivity index is 0.00000337. The van der Waals surface area contributed by atoms with Crippen LogP contribution in [-0.2, 0) is 0 Å². The molecule has 1 fully saturated rings. The molecule has 6 nitrogen and oxygen atoms in total. The zero-order valence-electron chi connectivity index (χ0n) is 22.5. The van der Waals surface area contributed by atoms with Crippen LogP contribution in [0.1, 0.15) is 36.4 Å². The number of benzene rings is 4. The van der Waals surface area contributed by atoms with Gasteiger partial charge >= 0.3 is 5.76 Å². The predicted octanol–water partition coefficient (Wildman–Crippen LogP) is 6.84. The van der Waals surface area contributed by atoms with Gasteiger partial charge in [-0.1, -0.05) is 78.0 Å². The summed E-state index contributed by atoms with van der Waals surface area (Å²) in [5, 5.41) is 9.76. The van der Waals surface area contributed by atoms with Gasteiger partial charge in [-0.25, -0.2) is 13.6 Å². The van der Waals surface area contributed by atoms with E-state index in [0.717, 1.165) is 18.5 Å². The highest BCUT2D eigenvalue weighted by Crippen LogP contribution is 2.37. The number of anilines is 1. The first-order chi connectivity index (χ1) is 19.5. The quantitative estimate of drug-likeness (QED) is 0.222. The number of halogens is 3. The number of aromatic amines is 1. The lowest BCUT2D eigenvalue weighted by atomic mass is 9.80. The summed E-state index contributed by atoms with van der Waals surface area (Å²) in [6.07, 6.45) is 0.770. The molecule has 1 aliphatic heterocycles. The third-order valence-corrected chi connectivity index (χ3v) is 8.01. The lowest BCUT2D eigenvalue weighted by Crippen LogP contribution is -2.43. The van der Waals surface area contributed by atoms with E-state index >= 15 is 8.78 Å². The molecule has 3 atom stereocenters. The van der Waals surface area contributed by atoms with Gasteiger partial charge in [0.05, 0.1) is 0 Å². The van der Waals surface area contributed by atoms with E-state index < -0.39 is 17.4 Å². The molecule has 41 heavy (non-hydrogen) atoms. The van der Waals surface area contributed by atoms with Crippen LogP contribution in [0, 0.1) is 17.6 Å². The normalized spacial score (nSPS) is 17.8. The number of aromatic nitrogens is 2. The molecule has 9 heteroatoms. The lowest BCUT2D eigenvalue weighted by Gasteiger charge is -2.41. The molecule has 212 valence electrons. The minimum absolute atomic E-state index is 0. The van der Waals surface area contributed by atoms with Crippen LogP contribution in [-0.4, -0.2) is 29.8 Å². The molecule has 6 rings (SSSR count). The Labute approximate surface area is 242 Å². The standard InChI is InChI=1S/C32H30F2N4O2.ClH/c1-20(25-13-7-11-21-10-5-6-12-26(21)25)35-18-23-14-15-38(19-27(23)22-8-3-2-4-9-22)30-28(33)16-24(17-29(30)34)31-36-32(39)40-37-31;/h2-13,16-17,20,23,27,35H,14-15,18-19H2,1H3,(H,36,37,39);1H/t20-,23?,27?;/m1./s1. The van der Waals surface area contributed by atoms with E-state index in [1.807, 2.05) is 18.2 Å². The molecule has 0 spiro atoms. The predicted molar refractivity (Wildman–Crippen MR) is 160 cm³/mol. The van der Waals surface area contributed by atoms with Crippen molar-refractivity contribution in [2.45, 2.75) is 25.3 Å². The van der Waals surface area contributed by atoms with Crippen LogP contribution < -0.4 is 16.0 Å². The molecule has 0 amide bonds. The molecule has 4 aromatic carbocycles. The van der Waals surface area contributed by atoms with E-state index in [9.17, 15) is 4.79 Å². The number of hydrogen-bond acceptors (Lipinski definition) is 5. The average molecular weight is 577 g/mol. The molecule has 1 aliphatic rings. The Morgan fingerprint density at radius 1 is 1.02 bits per heavy atom. The first kappa shape index (κ1) is 28.5. The minimum atomic E-state index is -0.781. The number of rotatable bonds is 7. The van der Waals surface area contributed by atoms with Crippen molar-refractivity contribution >= 4 is 28.9 Å². The molecule has 0 saturated carbocycles. The van der Waals surface area contributed by atoms with Crippen molar-refractivity contribution in [2.24, 2.45) is 5.92 Å². The molecular weight excluding hydrogens is 546 g/mol. The van der Waals surface area contributed by atoms with Crippen molar-refractivity contribution in [3.05, 3.63) is 118 Å². The molecule has 5 aromatic rings. The van der Waals surface area contributed by atoms with Gasteiger partial charge in [0.15, 0.2) is 5.82 Å². The summed E-state index contributed by atoms with van der Waals surface area (Å²) in [6.45, 7) is 3.96. The van der Waals surface area contributed by atoms with E-state index in [-0.39, 0.29) is 47.4 Å². The van der Waals surface area contributed by atoms with E-state index in [2.05, 4.69) is 81.5 Å². The molecule has 1 aromatic heterocycles. The van der Waals surface area contributed by atoms with E-state index in [4.69, 9.17) is 0 Å². The highest BCUT2D eigenvalue weighted by atomic mass is 35.5. The molecule has 2 heterocycles. The Hall–Kier alpha value is -4.01. The second-order valence-corrected chi connectivity index (χ2v) is 10.4. The maximum atomic E-state index is 15.3. The van der Waals surface area contributed by atoms with Gasteiger partial charge < -0.3 is 10.2 Å². The summed E-state index contributed by atoms with van der Waals surface area (Å²) < 4.78 is 35.2. The van der Waals surface area contributed by atoms with Crippen molar-refractivity contribution in [1.82, 2.24) is 15.5 Å². The highest BCUT2D eigenvalue weighted by Gasteiger charge is 2.33. The lowest BCUT2D eigenvalue weighted by molar-refractivity contribution is 0.322. The third kappa shape index (κ3) is 5.89. The molecule has 0 bridgehead atoms. The van der Waals surface area contributed by atoms with Crippen molar-refractivity contribution in [3.8, 4) is 11.4 Å². The fraction of sp³-hybridized carbons (Fsp3) is 0.250. The summed E-state index contributed by atoms with van der Waals surface area (Å²) in [5.41, 5.74) is 2.45. The van der Waals surface area contributed by atoms with Gasteiger partial charge in [0.1, 0.15) is 17.3 Å². The Kier molecular flexibility index (Phi) is 8.52. The number of H-pyrrole nitrogens is 1. The molecule has 1 saturated heterocycles. The molecular formula is C32H31ClF2N4O2. The molecule has 2 N–H and O–H groups in total. The average Bonchev–Trinajstić information content (AvgIpc) is 3.42. The Morgan fingerprint density at radius 2 is 1.73 bits per heavy atom. The first-order valence-electron chi connectivity index (χ1n) is 13.5. The SMILES string of the molecule is C[C@@H](NCC1CCN(c2c(F)cc(-c3noc(=O)[nH]3)cc2F)CC1c1ccccc1)c1cccc2ccccc12.Cl. The molecule has 2 unspecified atom stereocenters. The number of nitrogens with one attached hydrogen (secondary N) is 2. The van der Waals surface area contributed by atoms with Gasteiger partial charge in [-0.3, -0.25) is 9.51 Å². The first-order valence-corrected chi connectivity index (χ1v) is 13.5. The summed E-state index contributed by atoms with van der Waals surface area (Å²) in [7, 11) is 0. The van der Waals surface area contributed by atoms with Crippen molar-refractivity contribution in [1.29, 1.82) is 0 Å². The van der Waals surface area contributed by atoms with Crippen LogP contribution in [0.25, 0.3) is 22.2 Å². The van der Waals surface area contributed by atoms with E-state index in [1.165, 1.54) is 28.5 Å². The zero-order valence-corrected chi connectivity index (χ0v) is 23.3. The summed E-state index contributed by atoms with van der Waals surface area (Å²) in [6, 6.07) is 27.5. The Morgan fingerprint density at radius 3 is 2.46 bits per heavy atom. The van der Waals surface area contributed by atoms with Crippen molar-refractivity contribution in [3.63, 3.8) is 0 Å². The second kappa shape index (κ2) is 12.2. The van der Waals surface area contributed by atoms with Gasteiger partial charge in [-0.2, -0.15) is 0 Å². The fourth-order valence-corrected chi connectivity index (χ4v) is 5.95. The van der Waals surface area contributed by atoms with Crippen LogP contribution >= 0.6 is 12.4 Å². The van der Waals surface area contributed by atoms with Crippen LogP contribution in [0.5, 0.6) is 0 Å². The topological polar surface area (TPSA) is 74.2 Å². The summed E-state index contributed by atoms with van der Waals surface area (Å²) in [5.74, 6) is -1.84. The smallest absolute Gasteiger partial charge is 0.366 e. The monoisotopic (exact) mass is 576 g/mol. The third-order valence-electron chi connectivity index (χ3n) is 8.01. The fourth-order valence-electron chi connectivity index (χ4n) is 5.95.